The summed E-state index contributed by atoms with van der Waals surface area (Å²) >= 11 is 1.27. The van der Waals surface area contributed by atoms with E-state index in [1.54, 1.807) is 0 Å². The Bertz CT molecular complexity index is 475. The Hall–Kier alpha value is -1.07. The van der Waals surface area contributed by atoms with Gasteiger partial charge in [0.15, 0.2) is 0 Å². The molecule has 1 atom stereocenters. The molecule has 6 heteroatoms. The van der Waals surface area contributed by atoms with Gasteiger partial charge in [-0.1, -0.05) is 6.58 Å². The van der Waals surface area contributed by atoms with E-state index in [9.17, 15) is 8.78 Å². The maximum atomic E-state index is 13.0. The average molecular weight is 299 g/mol. The Morgan fingerprint density at radius 1 is 1.55 bits per heavy atom. The molecule has 0 aliphatic carbocycles. The van der Waals surface area contributed by atoms with Gasteiger partial charge < -0.3 is 5.73 Å². The molecule has 0 spiro atoms. The molecule has 1 aromatic rings. The summed E-state index contributed by atoms with van der Waals surface area (Å²) in [6.07, 6.45) is 1.43. The normalized spacial score (nSPS) is 19.0. The fraction of sp³-hybridized carbons (Fsp3) is 0.571. The molecule has 1 aromatic heterocycles. The van der Waals surface area contributed by atoms with E-state index in [0.717, 1.165) is 25.9 Å². The predicted molar refractivity (Wildman–Crippen MR) is 76.9 cm³/mol. The van der Waals surface area contributed by atoms with E-state index in [1.807, 2.05) is 6.08 Å². The van der Waals surface area contributed by atoms with Crippen molar-refractivity contribution in [3.63, 3.8) is 0 Å². The summed E-state index contributed by atoms with van der Waals surface area (Å²) < 4.78 is 25.9. The second-order valence-electron chi connectivity index (χ2n) is 4.90. The molecule has 1 unspecified atom stereocenters. The van der Waals surface area contributed by atoms with Crippen molar-refractivity contribution in [3.05, 3.63) is 34.5 Å². The van der Waals surface area contributed by atoms with Crippen LogP contribution < -0.4 is 5.73 Å². The van der Waals surface area contributed by atoms with Gasteiger partial charge in [-0.15, -0.1) is 17.1 Å². The summed E-state index contributed by atoms with van der Waals surface area (Å²) in [7, 11) is 0. The van der Waals surface area contributed by atoms with E-state index in [4.69, 9.17) is 5.73 Å². The number of hydrogen-bond donors (Lipinski definition) is 1. The molecule has 0 saturated carbocycles. The minimum Gasteiger partial charge on any atom is -0.329 e. The van der Waals surface area contributed by atoms with Crippen molar-refractivity contribution in [1.82, 2.24) is 9.88 Å². The monoisotopic (exact) mass is 299 g/mol. The Morgan fingerprint density at radius 2 is 2.25 bits per heavy atom. The van der Waals surface area contributed by atoms with E-state index < -0.39 is 6.43 Å². The lowest BCUT2D eigenvalue weighted by atomic mass is 9.95. The fourth-order valence-corrected chi connectivity index (χ4v) is 3.61. The minimum atomic E-state index is -2.54. The molecule has 1 aliphatic heterocycles. The summed E-state index contributed by atoms with van der Waals surface area (Å²) in [6, 6.07) is -0.153. The van der Waals surface area contributed by atoms with Gasteiger partial charge in [0.05, 0.1) is 16.4 Å². The largest absolute Gasteiger partial charge is 0.329 e. The van der Waals surface area contributed by atoms with Crippen LogP contribution in [0.3, 0.4) is 0 Å². The first-order valence-corrected chi connectivity index (χ1v) is 7.56. The summed E-state index contributed by atoms with van der Waals surface area (Å²) in [5.41, 5.74) is 10.0. The van der Waals surface area contributed by atoms with Crippen molar-refractivity contribution in [2.24, 2.45) is 11.7 Å². The molecule has 1 aliphatic rings. The Morgan fingerprint density at radius 3 is 2.80 bits per heavy atom. The van der Waals surface area contributed by atoms with Gasteiger partial charge in [0, 0.05) is 6.54 Å². The molecule has 1 saturated heterocycles. The molecule has 1 fully saturated rings. The highest BCUT2D eigenvalue weighted by atomic mass is 32.1. The number of nitrogens with zero attached hydrogens (tertiary/aromatic N) is 2. The van der Waals surface area contributed by atoms with Crippen LogP contribution in [0.25, 0.3) is 0 Å². The van der Waals surface area contributed by atoms with Crippen molar-refractivity contribution < 1.29 is 8.78 Å². The van der Waals surface area contributed by atoms with Gasteiger partial charge in [-0.2, -0.15) is 0 Å². The van der Waals surface area contributed by atoms with Crippen molar-refractivity contribution in [2.45, 2.75) is 25.3 Å². The standard InChI is InChI=1S/C14H19F2N3S/c1-2-3-10-4-6-19(7-5-10)11(8-17)13-12(14(15)16)18-9-20-13/h3,9-11,14H,1,4-8,17H2. The van der Waals surface area contributed by atoms with E-state index in [0.29, 0.717) is 17.3 Å². The van der Waals surface area contributed by atoms with Gasteiger partial charge >= 0.3 is 0 Å². The average Bonchev–Trinajstić information content (AvgIpc) is 2.91. The van der Waals surface area contributed by atoms with Crippen molar-refractivity contribution in [2.75, 3.05) is 19.6 Å². The molecule has 0 radical (unpaired) electrons. The molecule has 0 amide bonds. The molecule has 2 heterocycles. The van der Waals surface area contributed by atoms with Crippen LogP contribution in [0.4, 0.5) is 8.78 Å². The second-order valence-corrected chi connectivity index (χ2v) is 5.78. The third kappa shape index (κ3) is 3.33. The number of piperidine rings is 1. The lowest BCUT2D eigenvalue weighted by Crippen LogP contribution is -2.39. The quantitative estimate of drug-likeness (QED) is 0.849. The number of alkyl halides is 2. The molecular formula is C14H19F2N3S. The topological polar surface area (TPSA) is 42.1 Å². The zero-order valence-electron chi connectivity index (χ0n) is 11.3. The first-order chi connectivity index (χ1) is 9.67. The van der Waals surface area contributed by atoms with Crippen LogP contribution in [0, 0.1) is 5.92 Å². The molecule has 20 heavy (non-hydrogen) atoms. The predicted octanol–water partition coefficient (Wildman–Crippen LogP) is 3.13. The van der Waals surface area contributed by atoms with Gasteiger partial charge in [-0.25, -0.2) is 13.8 Å². The number of rotatable bonds is 5. The molecule has 110 valence electrons. The van der Waals surface area contributed by atoms with Gasteiger partial charge in [-0.05, 0) is 37.9 Å². The first kappa shape index (κ1) is 15.3. The molecule has 3 nitrogen and oxygen atoms in total. The number of likely N-dealkylation sites (tertiary alicyclic amines) is 1. The SMILES string of the molecule is C=C=CC1CCN(C(CN)c2scnc2C(F)F)CC1. The van der Waals surface area contributed by atoms with Crippen LogP contribution in [-0.2, 0) is 0 Å². The number of nitrogens with two attached hydrogens (primary N) is 1. The zero-order valence-corrected chi connectivity index (χ0v) is 12.1. The van der Waals surface area contributed by atoms with Crippen LogP contribution in [0.1, 0.15) is 35.9 Å². The fourth-order valence-electron chi connectivity index (χ4n) is 2.66. The van der Waals surface area contributed by atoms with Crippen LogP contribution in [-0.4, -0.2) is 29.5 Å². The van der Waals surface area contributed by atoms with Crippen molar-refractivity contribution in [1.29, 1.82) is 0 Å². The number of allylic oxidation sites excluding steroid dienone is 1. The van der Waals surface area contributed by atoms with Gasteiger partial charge in [-0.3, -0.25) is 4.90 Å². The number of aromatic nitrogens is 1. The lowest BCUT2D eigenvalue weighted by molar-refractivity contribution is 0.130. The number of hydrogen-bond acceptors (Lipinski definition) is 4. The lowest BCUT2D eigenvalue weighted by Gasteiger charge is -2.36. The molecule has 0 bridgehead atoms. The van der Waals surface area contributed by atoms with E-state index in [-0.39, 0.29) is 11.7 Å². The van der Waals surface area contributed by atoms with Crippen molar-refractivity contribution >= 4 is 11.3 Å². The summed E-state index contributed by atoms with van der Waals surface area (Å²) in [5, 5.41) is 0. The highest BCUT2D eigenvalue weighted by Crippen LogP contribution is 2.34. The van der Waals surface area contributed by atoms with Gasteiger partial charge in [0.25, 0.3) is 6.43 Å². The maximum absolute atomic E-state index is 13.0. The molecule has 2 rings (SSSR count). The Balaban J connectivity index is 2.09. The van der Waals surface area contributed by atoms with E-state index in [1.165, 1.54) is 16.8 Å². The summed E-state index contributed by atoms with van der Waals surface area (Å²) in [4.78, 5) is 6.58. The van der Waals surface area contributed by atoms with Crippen LogP contribution >= 0.6 is 11.3 Å². The van der Waals surface area contributed by atoms with Crippen LogP contribution in [0.15, 0.2) is 23.9 Å². The van der Waals surface area contributed by atoms with Crippen LogP contribution in [0.2, 0.25) is 0 Å². The Kier molecular flexibility index (Phi) is 5.43. The van der Waals surface area contributed by atoms with Crippen molar-refractivity contribution in [3.8, 4) is 0 Å². The first-order valence-electron chi connectivity index (χ1n) is 6.68. The third-order valence-corrected chi connectivity index (χ3v) is 4.67. The Labute approximate surface area is 121 Å². The third-order valence-electron chi connectivity index (χ3n) is 3.73. The molecular weight excluding hydrogens is 280 g/mol. The van der Waals surface area contributed by atoms with Gasteiger partial charge in [0.2, 0.25) is 0 Å². The molecule has 0 aromatic carbocycles. The smallest absolute Gasteiger partial charge is 0.281 e. The van der Waals surface area contributed by atoms with Gasteiger partial charge in [0.1, 0.15) is 5.69 Å². The highest BCUT2D eigenvalue weighted by molar-refractivity contribution is 7.09. The summed E-state index contributed by atoms with van der Waals surface area (Å²) in [5.74, 6) is 0.484. The maximum Gasteiger partial charge on any atom is 0.281 e. The highest BCUT2D eigenvalue weighted by Gasteiger charge is 2.29. The van der Waals surface area contributed by atoms with E-state index in [2.05, 4.69) is 22.2 Å². The molecule has 2 N–H and O–H groups in total. The van der Waals surface area contributed by atoms with Crippen LogP contribution in [0.5, 0.6) is 0 Å². The minimum absolute atomic E-state index is 0.112. The zero-order chi connectivity index (χ0) is 14.5. The van der Waals surface area contributed by atoms with E-state index >= 15 is 0 Å². The number of halogens is 2. The second kappa shape index (κ2) is 7.09. The summed E-state index contributed by atoms with van der Waals surface area (Å²) in [6.45, 7) is 5.63. The number of thiazole rings is 1.